The van der Waals surface area contributed by atoms with Crippen LogP contribution in [0.3, 0.4) is 0 Å². The molecule has 0 radical (unpaired) electrons. The quantitative estimate of drug-likeness (QED) is 0.349. The van der Waals surface area contributed by atoms with E-state index in [9.17, 15) is 13.2 Å². The Morgan fingerprint density at radius 2 is 1.46 bits per heavy atom. The number of benzene rings is 1. The Kier molecular flexibility index (Phi) is 6.50. The molecule has 2 fully saturated rings. The number of hydrogen-bond acceptors (Lipinski definition) is 0. The zero-order chi connectivity index (χ0) is 17.1. The van der Waals surface area contributed by atoms with Crippen LogP contribution in [0.25, 0.3) is 0 Å². The summed E-state index contributed by atoms with van der Waals surface area (Å²) in [7, 11) is 0. The van der Waals surface area contributed by atoms with Crippen LogP contribution in [0, 0.1) is 29.4 Å². The molecule has 0 spiro atoms. The normalized spacial score (nSPS) is 32.5. The van der Waals surface area contributed by atoms with Crippen molar-refractivity contribution in [2.45, 2.75) is 63.5 Å². The van der Waals surface area contributed by atoms with Crippen molar-refractivity contribution in [3.05, 3.63) is 35.4 Å². The van der Waals surface area contributed by atoms with E-state index < -0.39 is 17.8 Å². The molecular weight excluding hydrogens is 424 g/mol. The fourth-order valence-corrected chi connectivity index (χ4v) is 5.51. The van der Waals surface area contributed by atoms with Gasteiger partial charge < -0.3 is 0 Å². The summed E-state index contributed by atoms with van der Waals surface area (Å²) < 4.78 is 40.9. The van der Waals surface area contributed by atoms with Crippen molar-refractivity contribution in [2.75, 3.05) is 4.43 Å². The van der Waals surface area contributed by atoms with Crippen LogP contribution in [0.2, 0.25) is 0 Å². The SMILES string of the molecule is Fc1ccc(C2CCC(C3CCC(C(F)CI)CC3)CC2)cc1F. The van der Waals surface area contributed by atoms with E-state index in [0.717, 1.165) is 43.1 Å². The summed E-state index contributed by atoms with van der Waals surface area (Å²) >= 11 is 2.15. The minimum Gasteiger partial charge on any atom is -0.246 e. The summed E-state index contributed by atoms with van der Waals surface area (Å²) in [4.78, 5) is 0. The van der Waals surface area contributed by atoms with E-state index in [1.807, 2.05) is 0 Å². The van der Waals surface area contributed by atoms with Crippen molar-refractivity contribution in [1.82, 2.24) is 0 Å². The van der Waals surface area contributed by atoms with Crippen LogP contribution in [0.1, 0.15) is 62.8 Å². The highest BCUT2D eigenvalue weighted by atomic mass is 127. The van der Waals surface area contributed by atoms with Gasteiger partial charge in [-0.05, 0) is 92.7 Å². The Bertz CT molecular complexity index is 532. The molecule has 0 bridgehead atoms. The van der Waals surface area contributed by atoms with E-state index in [1.165, 1.54) is 37.8 Å². The molecule has 0 saturated heterocycles. The summed E-state index contributed by atoms with van der Waals surface area (Å²) in [5, 5.41) is 0. The molecule has 0 aromatic heterocycles. The topological polar surface area (TPSA) is 0 Å². The van der Waals surface area contributed by atoms with Crippen molar-refractivity contribution in [3.8, 4) is 0 Å². The predicted molar refractivity (Wildman–Crippen MR) is 100 cm³/mol. The van der Waals surface area contributed by atoms with Crippen LogP contribution in [-0.4, -0.2) is 10.6 Å². The Hall–Kier alpha value is -0.260. The van der Waals surface area contributed by atoms with Crippen molar-refractivity contribution in [2.24, 2.45) is 17.8 Å². The van der Waals surface area contributed by atoms with E-state index in [-0.39, 0.29) is 5.92 Å². The lowest BCUT2D eigenvalue weighted by atomic mass is 9.68. The van der Waals surface area contributed by atoms with E-state index >= 15 is 0 Å². The molecule has 24 heavy (non-hydrogen) atoms. The summed E-state index contributed by atoms with van der Waals surface area (Å²) in [5.41, 5.74) is 0.943. The van der Waals surface area contributed by atoms with Crippen LogP contribution >= 0.6 is 22.6 Å². The van der Waals surface area contributed by atoms with Crippen LogP contribution in [0.5, 0.6) is 0 Å². The standard InChI is InChI=1S/C20H26F3I/c21-18-10-9-17(11-19(18)22)15-3-1-13(2-4-15)14-5-7-16(8-6-14)20(23)12-24/h9-11,13-16,20H,1-8,12H2. The van der Waals surface area contributed by atoms with Crippen LogP contribution in [0.15, 0.2) is 18.2 Å². The van der Waals surface area contributed by atoms with Gasteiger partial charge in [0.25, 0.3) is 0 Å². The summed E-state index contributed by atoms with van der Waals surface area (Å²) in [6, 6.07) is 4.36. The fourth-order valence-electron chi connectivity index (χ4n) is 4.79. The molecular formula is C20H26F3I. The second-order valence-corrected chi connectivity index (χ2v) is 8.51. The molecule has 0 nitrogen and oxygen atoms in total. The molecule has 0 aliphatic heterocycles. The van der Waals surface area contributed by atoms with Gasteiger partial charge in [0, 0.05) is 4.43 Å². The summed E-state index contributed by atoms with van der Waals surface area (Å²) in [6.07, 6.45) is 8.26. The van der Waals surface area contributed by atoms with Crippen LogP contribution in [-0.2, 0) is 0 Å². The average molecular weight is 450 g/mol. The van der Waals surface area contributed by atoms with Crippen molar-refractivity contribution in [3.63, 3.8) is 0 Å². The summed E-state index contributed by atoms with van der Waals surface area (Å²) in [6.45, 7) is 0. The first-order valence-electron chi connectivity index (χ1n) is 9.23. The maximum Gasteiger partial charge on any atom is 0.159 e. The van der Waals surface area contributed by atoms with Crippen molar-refractivity contribution >= 4 is 22.6 Å². The molecule has 4 heteroatoms. The predicted octanol–water partition coefficient (Wildman–Crippen LogP) is 6.82. The van der Waals surface area contributed by atoms with Gasteiger partial charge in [-0.2, -0.15) is 0 Å². The van der Waals surface area contributed by atoms with E-state index in [4.69, 9.17) is 0 Å². The Morgan fingerprint density at radius 1 is 0.875 bits per heavy atom. The second-order valence-electron chi connectivity index (χ2n) is 7.63. The largest absolute Gasteiger partial charge is 0.246 e. The van der Waals surface area contributed by atoms with Crippen LogP contribution in [0.4, 0.5) is 13.2 Å². The maximum absolute atomic E-state index is 13.8. The Balaban J connectivity index is 1.50. The third-order valence-electron chi connectivity index (χ3n) is 6.33. The van der Waals surface area contributed by atoms with Gasteiger partial charge >= 0.3 is 0 Å². The van der Waals surface area contributed by atoms with Crippen molar-refractivity contribution < 1.29 is 13.2 Å². The molecule has 1 aromatic rings. The second kappa shape index (κ2) is 8.41. The lowest BCUT2D eigenvalue weighted by Gasteiger charge is -2.38. The molecule has 0 amide bonds. The van der Waals surface area contributed by atoms with Gasteiger partial charge in [-0.25, -0.2) is 13.2 Å². The minimum absolute atomic E-state index is 0.275. The van der Waals surface area contributed by atoms with Gasteiger partial charge in [0.2, 0.25) is 0 Å². The van der Waals surface area contributed by atoms with E-state index in [0.29, 0.717) is 10.3 Å². The van der Waals surface area contributed by atoms with Gasteiger partial charge in [-0.3, -0.25) is 0 Å². The molecule has 2 aliphatic carbocycles. The third-order valence-corrected chi connectivity index (χ3v) is 7.17. The average Bonchev–Trinajstić information content (AvgIpc) is 2.63. The first-order chi connectivity index (χ1) is 11.6. The highest BCUT2D eigenvalue weighted by molar-refractivity contribution is 14.1. The fraction of sp³-hybridized carbons (Fsp3) is 0.700. The van der Waals surface area contributed by atoms with E-state index in [1.54, 1.807) is 6.07 Å². The Labute approximate surface area is 156 Å². The molecule has 0 N–H and O–H groups in total. The molecule has 134 valence electrons. The molecule has 2 saturated carbocycles. The third kappa shape index (κ3) is 4.28. The molecule has 1 atom stereocenters. The molecule has 1 aromatic carbocycles. The number of hydrogen-bond donors (Lipinski definition) is 0. The first kappa shape index (κ1) is 18.5. The monoisotopic (exact) mass is 450 g/mol. The van der Waals surface area contributed by atoms with Crippen molar-refractivity contribution in [1.29, 1.82) is 0 Å². The zero-order valence-electron chi connectivity index (χ0n) is 14.0. The van der Waals surface area contributed by atoms with Crippen LogP contribution < -0.4 is 0 Å². The number of alkyl halides is 2. The minimum atomic E-state index is -0.762. The highest BCUT2D eigenvalue weighted by Gasteiger charge is 2.33. The smallest absolute Gasteiger partial charge is 0.159 e. The van der Waals surface area contributed by atoms with Gasteiger partial charge in [-0.1, -0.05) is 28.7 Å². The van der Waals surface area contributed by atoms with E-state index in [2.05, 4.69) is 22.6 Å². The van der Waals surface area contributed by atoms with Gasteiger partial charge in [0.1, 0.15) is 6.17 Å². The van der Waals surface area contributed by atoms with Gasteiger partial charge in [-0.15, -0.1) is 0 Å². The molecule has 3 rings (SSSR count). The number of rotatable bonds is 4. The first-order valence-corrected chi connectivity index (χ1v) is 10.8. The highest BCUT2D eigenvalue weighted by Crippen LogP contribution is 2.44. The van der Waals surface area contributed by atoms with Gasteiger partial charge in [0.15, 0.2) is 11.6 Å². The molecule has 0 heterocycles. The molecule has 1 unspecified atom stereocenters. The van der Waals surface area contributed by atoms with Gasteiger partial charge in [0.05, 0.1) is 0 Å². The lowest BCUT2D eigenvalue weighted by molar-refractivity contribution is 0.124. The lowest BCUT2D eigenvalue weighted by Crippen LogP contribution is -2.29. The molecule has 2 aliphatic rings. The number of halogens is 4. The Morgan fingerprint density at radius 3 is 2.00 bits per heavy atom. The zero-order valence-corrected chi connectivity index (χ0v) is 16.2. The summed E-state index contributed by atoms with van der Waals surface area (Å²) in [5.74, 6) is 0.628. The maximum atomic E-state index is 13.8.